The molecule has 26 heavy (non-hydrogen) atoms. The molecular formula is C18H23ClF2N2O3. The van der Waals surface area contributed by atoms with Crippen molar-refractivity contribution in [2.45, 2.75) is 58.0 Å². The quantitative estimate of drug-likeness (QED) is 0.726. The second-order valence-electron chi connectivity index (χ2n) is 7.73. The zero-order valence-electron chi connectivity index (χ0n) is 15.3. The summed E-state index contributed by atoms with van der Waals surface area (Å²) in [6, 6.07) is 5.15. The Morgan fingerprint density at radius 2 is 2.08 bits per heavy atom. The van der Waals surface area contributed by atoms with Crippen molar-refractivity contribution < 1.29 is 23.2 Å². The van der Waals surface area contributed by atoms with Crippen molar-refractivity contribution in [3.8, 4) is 0 Å². The molecule has 2 atom stereocenters. The number of rotatable bonds is 3. The number of alkyl halides is 1. The van der Waals surface area contributed by atoms with Gasteiger partial charge in [-0.15, -0.1) is 0 Å². The van der Waals surface area contributed by atoms with Crippen LogP contribution in [0.25, 0.3) is 0 Å². The highest BCUT2D eigenvalue weighted by Gasteiger charge is 2.49. The number of likely N-dealkylation sites (tertiary alicyclic amines) is 1. The molecule has 0 spiro atoms. The molecule has 0 aliphatic carbocycles. The van der Waals surface area contributed by atoms with Gasteiger partial charge in [-0.05, 0) is 45.4 Å². The lowest BCUT2D eigenvalue weighted by atomic mass is 10.0. The predicted octanol–water partition coefficient (Wildman–Crippen LogP) is 4.29. The molecule has 0 N–H and O–H groups in total. The van der Waals surface area contributed by atoms with Crippen LogP contribution in [0.5, 0.6) is 0 Å². The third-order valence-corrected chi connectivity index (χ3v) is 4.09. The Morgan fingerprint density at radius 1 is 1.42 bits per heavy atom. The maximum atomic E-state index is 14.4. The van der Waals surface area contributed by atoms with E-state index in [0.29, 0.717) is 10.6 Å². The van der Waals surface area contributed by atoms with Gasteiger partial charge in [0.15, 0.2) is 0 Å². The van der Waals surface area contributed by atoms with E-state index in [4.69, 9.17) is 16.3 Å². The lowest BCUT2D eigenvalue weighted by Gasteiger charge is -2.28. The zero-order valence-corrected chi connectivity index (χ0v) is 16.0. The van der Waals surface area contributed by atoms with Gasteiger partial charge in [0.1, 0.15) is 17.3 Å². The van der Waals surface area contributed by atoms with Gasteiger partial charge in [-0.2, -0.15) is 5.12 Å². The molecule has 0 saturated carbocycles. The number of nitrogens with zero attached hydrogens (tertiary/aromatic N) is 2. The van der Waals surface area contributed by atoms with Crippen LogP contribution in [-0.4, -0.2) is 45.9 Å². The molecule has 1 aromatic rings. The number of hydrogen-bond donors (Lipinski definition) is 0. The number of hydrogen-bond acceptors (Lipinski definition) is 3. The lowest BCUT2D eigenvalue weighted by molar-refractivity contribution is -0.152. The van der Waals surface area contributed by atoms with E-state index in [0.717, 1.165) is 4.90 Å². The molecule has 1 aliphatic rings. The van der Waals surface area contributed by atoms with Gasteiger partial charge in [-0.25, -0.2) is 9.18 Å². The van der Waals surface area contributed by atoms with Crippen LogP contribution in [-0.2, 0) is 16.1 Å². The maximum Gasteiger partial charge on any atom is 0.411 e. The van der Waals surface area contributed by atoms with Crippen LogP contribution in [0.2, 0.25) is 5.02 Å². The van der Waals surface area contributed by atoms with Gasteiger partial charge in [0.05, 0.1) is 13.1 Å². The first kappa shape index (κ1) is 20.4. The first-order valence-electron chi connectivity index (χ1n) is 8.28. The fourth-order valence-electron chi connectivity index (χ4n) is 2.81. The van der Waals surface area contributed by atoms with Crippen molar-refractivity contribution in [1.82, 2.24) is 10.0 Å². The molecule has 1 heterocycles. The molecule has 1 saturated heterocycles. The summed E-state index contributed by atoms with van der Waals surface area (Å²) in [5.74, 6) is -0.989. The number of carbonyl (C=O) groups excluding carboxylic acids is 2. The summed E-state index contributed by atoms with van der Waals surface area (Å²) in [7, 11) is 0. The zero-order chi connectivity index (χ0) is 19.7. The SMILES string of the molecule is CC(C)(C)OC(=O)N1C[C@](C)(F)C[C@H]1C(=O)N(F)Cc1cccc(Cl)c1. The number of ether oxygens (including phenoxy) is 1. The van der Waals surface area contributed by atoms with E-state index in [1.165, 1.54) is 13.0 Å². The van der Waals surface area contributed by atoms with E-state index < -0.39 is 29.3 Å². The largest absolute Gasteiger partial charge is 0.444 e. The van der Waals surface area contributed by atoms with Crippen molar-refractivity contribution in [2.75, 3.05) is 6.54 Å². The molecule has 1 aromatic carbocycles. The molecule has 2 amide bonds. The molecule has 1 fully saturated rings. The van der Waals surface area contributed by atoms with Crippen LogP contribution >= 0.6 is 11.6 Å². The first-order chi connectivity index (χ1) is 11.9. The molecule has 0 radical (unpaired) electrons. The van der Waals surface area contributed by atoms with E-state index in [-0.39, 0.29) is 24.6 Å². The standard InChI is InChI=1S/C18H23ClF2N2O3/c1-17(2,3)26-16(25)22-11-18(4,20)9-14(22)15(24)23(21)10-12-6-5-7-13(19)8-12/h5-8,14H,9-11H2,1-4H3/t14-,18+/m0/s1. The van der Waals surface area contributed by atoms with E-state index in [1.807, 2.05) is 0 Å². The van der Waals surface area contributed by atoms with Gasteiger partial charge in [0.25, 0.3) is 5.91 Å². The van der Waals surface area contributed by atoms with E-state index >= 15 is 0 Å². The second-order valence-corrected chi connectivity index (χ2v) is 8.17. The first-order valence-corrected chi connectivity index (χ1v) is 8.66. The highest BCUT2D eigenvalue weighted by molar-refractivity contribution is 6.30. The number of halogens is 3. The molecule has 8 heteroatoms. The highest BCUT2D eigenvalue weighted by Crippen LogP contribution is 2.33. The van der Waals surface area contributed by atoms with Crippen LogP contribution in [0.1, 0.15) is 39.7 Å². The molecular weight excluding hydrogens is 366 g/mol. The fraction of sp³-hybridized carbons (Fsp3) is 0.556. The van der Waals surface area contributed by atoms with Crippen molar-refractivity contribution in [3.05, 3.63) is 34.9 Å². The molecule has 144 valence electrons. The average Bonchev–Trinajstić information content (AvgIpc) is 2.80. The highest BCUT2D eigenvalue weighted by atomic mass is 35.5. The minimum Gasteiger partial charge on any atom is -0.444 e. The van der Waals surface area contributed by atoms with Gasteiger partial charge >= 0.3 is 6.09 Å². The minimum atomic E-state index is -1.80. The van der Waals surface area contributed by atoms with E-state index in [9.17, 15) is 18.5 Å². The molecule has 1 aliphatic heterocycles. The molecule has 0 unspecified atom stereocenters. The van der Waals surface area contributed by atoms with Gasteiger partial charge in [-0.3, -0.25) is 9.69 Å². The third-order valence-electron chi connectivity index (χ3n) is 3.86. The summed E-state index contributed by atoms with van der Waals surface area (Å²) in [6.45, 7) is 5.58. The van der Waals surface area contributed by atoms with E-state index in [1.54, 1.807) is 39.0 Å². The van der Waals surface area contributed by atoms with Crippen LogP contribution < -0.4 is 0 Å². The summed E-state index contributed by atoms with van der Waals surface area (Å²) in [5, 5.41) is 0.394. The molecule has 0 bridgehead atoms. The molecule has 2 rings (SSSR count). The maximum absolute atomic E-state index is 14.4. The van der Waals surface area contributed by atoms with Crippen LogP contribution in [0.4, 0.5) is 13.7 Å². The molecule has 5 nitrogen and oxygen atoms in total. The Labute approximate surface area is 156 Å². The lowest BCUT2D eigenvalue weighted by Crippen LogP contribution is -2.47. The smallest absolute Gasteiger partial charge is 0.411 e. The Bertz CT molecular complexity index is 691. The van der Waals surface area contributed by atoms with Crippen molar-refractivity contribution in [2.24, 2.45) is 0 Å². The minimum absolute atomic E-state index is 0.0188. The number of amides is 2. The Kier molecular flexibility index (Phi) is 5.80. The number of benzene rings is 1. The van der Waals surface area contributed by atoms with E-state index in [2.05, 4.69) is 0 Å². The van der Waals surface area contributed by atoms with Crippen molar-refractivity contribution in [1.29, 1.82) is 0 Å². The number of carbonyl (C=O) groups is 2. The average molecular weight is 389 g/mol. The van der Waals surface area contributed by atoms with Crippen LogP contribution in [0.3, 0.4) is 0 Å². The summed E-state index contributed by atoms with van der Waals surface area (Å²) in [5.41, 5.74) is -2.12. The monoisotopic (exact) mass is 388 g/mol. The van der Waals surface area contributed by atoms with Crippen molar-refractivity contribution in [3.63, 3.8) is 0 Å². The predicted molar refractivity (Wildman–Crippen MR) is 94.0 cm³/mol. The topological polar surface area (TPSA) is 49.9 Å². The van der Waals surface area contributed by atoms with Crippen LogP contribution in [0, 0.1) is 0 Å². The summed E-state index contributed by atoms with van der Waals surface area (Å²) in [6.07, 6.45) is -1.13. The Morgan fingerprint density at radius 3 is 2.65 bits per heavy atom. The van der Waals surface area contributed by atoms with Gasteiger partial charge in [0.2, 0.25) is 0 Å². The normalized spacial score (nSPS) is 23.0. The van der Waals surface area contributed by atoms with Gasteiger partial charge in [0, 0.05) is 11.4 Å². The molecule has 0 aromatic heterocycles. The fourth-order valence-corrected chi connectivity index (χ4v) is 3.02. The summed E-state index contributed by atoms with van der Waals surface area (Å²) in [4.78, 5) is 25.8. The Balaban J connectivity index is 2.14. The third kappa shape index (κ3) is 5.30. The summed E-state index contributed by atoms with van der Waals surface area (Å²) >= 11 is 5.85. The Hall–Kier alpha value is -1.89. The van der Waals surface area contributed by atoms with Gasteiger partial charge < -0.3 is 4.74 Å². The summed E-state index contributed by atoms with van der Waals surface area (Å²) < 4.78 is 34.1. The van der Waals surface area contributed by atoms with Crippen LogP contribution in [0.15, 0.2) is 24.3 Å². The van der Waals surface area contributed by atoms with Gasteiger partial charge in [-0.1, -0.05) is 28.2 Å². The van der Waals surface area contributed by atoms with Crippen molar-refractivity contribution >= 4 is 23.6 Å². The second kappa shape index (κ2) is 7.39.